The third-order valence-corrected chi connectivity index (χ3v) is 3.32. The Morgan fingerprint density at radius 2 is 2.19 bits per heavy atom. The Balaban J connectivity index is 2.23. The lowest BCUT2D eigenvalue weighted by molar-refractivity contribution is 0.0985. The number of carbonyl (C=O) groups is 1. The summed E-state index contributed by atoms with van der Waals surface area (Å²) in [7, 11) is 0. The molecule has 3 heteroatoms. The Morgan fingerprint density at radius 3 is 2.75 bits per heavy atom. The number of ketones is 1. The fourth-order valence-corrected chi connectivity index (χ4v) is 1.99. The Kier molecular flexibility index (Phi) is 3.08. The van der Waals surface area contributed by atoms with Gasteiger partial charge in [0, 0.05) is 17.4 Å². The molecular formula is C13H17NO2. The van der Waals surface area contributed by atoms with Crippen LogP contribution in [0.1, 0.15) is 35.2 Å². The lowest BCUT2D eigenvalue weighted by Gasteiger charge is -2.12. The average molecular weight is 219 g/mol. The fraction of sp³-hybridized carbons (Fsp3) is 0.462. The lowest BCUT2D eigenvalue weighted by Crippen LogP contribution is -2.13. The molecule has 86 valence electrons. The van der Waals surface area contributed by atoms with Crippen LogP contribution in [0.25, 0.3) is 0 Å². The van der Waals surface area contributed by atoms with Gasteiger partial charge >= 0.3 is 0 Å². The Bertz CT molecular complexity index is 397. The van der Waals surface area contributed by atoms with E-state index in [-0.39, 0.29) is 17.8 Å². The SMILES string of the molecule is NCCC(=O)c1cccc(C2(CO)CC2)c1. The van der Waals surface area contributed by atoms with Gasteiger partial charge in [0.2, 0.25) is 0 Å². The van der Waals surface area contributed by atoms with Crippen LogP contribution in [-0.4, -0.2) is 24.0 Å². The Labute approximate surface area is 95.3 Å². The van der Waals surface area contributed by atoms with Crippen LogP contribution in [0.2, 0.25) is 0 Å². The number of aliphatic hydroxyl groups excluding tert-OH is 1. The van der Waals surface area contributed by atoms with Gasteiger partial charge in [-0.05, 0) is 31.0 Å². The fourth-order valence-electron chi connectivity index (χ4n) is 1.99. The lowest BCUT2D eigenvalue weighted by atomic mass is 9.94. The average Bonchev–Trinajstić information content (AvgIpc) is 3.10. The molecule has 3 nitrogen and oxygen atoms in total. The van der Waals surface area contributed by atoms with Gasteiger partial charge in [-0.25, -0.2) is 0 Å². The third kappa shape index (κ3) is 2.01. The summed E-state index contributed by atoms with van der Waals surface area (Å²) in [6, 6.07) is 7.59. The normalized spacial score (nSPS) is 17.1. The topological polar surface area (TPSA) is 63.3 Å². The molecule has 0 unspecified atom stereocenters. The third-order valence-electron chi connectivity index (χ3n) is 3.32. The Hall–Kier alpha value is -1.19. The predicted octanol–water partition coefficient (Wildman–Crippen LogP) is 1.24. The summed E-state index contributed by atoms with van der Waals surface area (Å²) < 4.78 is 0. The molecule has 0 atom stereocenters. The van der Waals surface area contributed by atoms with E-state index >= 15 is 0 Å². The molecule has 0 radical (unpaired) electrons. The molecule has 1 aromatic rings. The summed E-state index contributed by atoms with van der Waals surface area (Å²) in [6.45, 7) is 0.551. The maximum Gasteiger partial charge on any atom is 0.164 e. The van der Waals surface area contributed by atoms with Gasteiger partial charge in [0.25, 0.3) is 0 Å². The summed E-state index contributed by atoms with van der Waals surface area (Å²) in [5, 5.41) is 9.34. The summed E-state index contributed by atoms with van der Waals surface area (Å²) >= 11 is 0. The van der Waals surface area contributed by atoms with Crippen LogP contribution in [0.4, 0.5) is 0 Å². The van der Waals surface area contributed by atoms with Crippen LogP contribution in [0, 0.1) is 0 Å². The molecular weight excluding hydrogens is 202 g/mol. The standard InChI is InChI=1S/C13H17NO2/c14-7-4-12(16)10-2-1-3-11(8-10)13(9-15)5-6-13/h1-3,8,15H,4-7,9,14H2. The number of hydrogen-bond donors (Lipinski definition) is 2. The Morgan fingerprint density at radius 1 is 1.44 bits per heavy atom. The molecule has 1 saturated carbocycles. The largest absolute Gasteiger partial charge is 0.395 e. The van der Waals surface area contributed by atoms with E-state index in [2.05, 4.69) is 0 Å². The van der Waals surface area contributed by atoms with Gasteiger partial charge in [0.15, 0.2) is 5.78 Å². The van der Waals surface area contributed by atoms with Gasteiger partial charge in [-0.1, -0.05) is 18.2 Å². The first-order valence-corrected chi connectivity index (χ1v) is 5.66. The summed E-state index contributed by atoms with van der Waals surface area (Å²) in [6.07, 6.45) is 2.41. The quantitative estimate of drug-likeness (QED) is 0.732. The van der Waals surface area contributed by atoms with Gasteiger partial charge < -0.3 is 10.8 Å². The van der Waals surface area contributed by atoms with E-state index in [0.717, 1.165) is 18.4 Å². The van der Waals surface area contributed by atoms with Crippen molar-refractivity contribution in [1.29, 1.82) is 0 Å². The van der Waals surface area contributed by atoms with E-state index in [1.807, 2.05) is 24.3 Å². The van der Waals surface area contributed by atoms with E-state index in [4.69, 9.17) is 5.73 Å². The van der Waals surface area contributed by atoms with Crippen molar-refractivity contribution in [2.24, 2.45) is 5.73 Å². The first-order valence-electron chi connectivity index (χ1n) is 5.66. The van der Waals surface area contributed by atoms with E-state index in [1.54, 1.807) is 0 Å². The molecule has 1 aliphatic rings. The molecule has 0 aliphatic heterocycles. The van der Waals surface area contributed by atoms with Crippen LogP contribution in [0.3, 0.4) is 0 Å². The van der Waals surface area contributed by atoms with Crippen molar-refractivity contribution in [3.05, 3.63) is 35.4 Å². The molecule has 0 amide bonds. The number of carbonyl (C=O) groups excluding carboxylic acids is 1. The number of nitrogens with two attached hydrogens (primary N) is 1. The minimum atomic E-state index is -0.0704. The van der Waals surface area contributed by atoms with E-state index < -0.39 is 0 Å². The zero-order valence-corrected chi connectivity index (χ0v) is 9.28. The van der Waals surface area contributed by atoms with Crippen LogP contribution in [0.15, 0.2) is 24.3 Å². The highest BCUT2D eigenvalue weighted by atomic mass is 16.3. The minimum absolute atomic E-state index is 0.0704. The second-order valence-corrected chi connectivity index (χ2v) is 4.48. The van der Waals surface area contributed by atoms with Gasteiger partial charge in [0.05, 0.1) is 6.61 Å². The van der Waals surface area contributed by atoms with Crippen LogP contribution in [-0.2, 0) is 5.41 Å². The van der Waals surface area contributed by atoms with Crippen molar-refractivity contribution in [2.75, 3.05) is 13.2 Å². The predicted molar refractivity (Wildman–Crippen MR) is 62.4 cm³/mol. The van der Waals surface area contributed by atoms with Gasteiger partial charge in [0.1, 0.15) is 0 Å². The molecule has 1 aliphatic carbocycles. The molecule has 16 heavy (non-hydrogen) atoms. The zero-order chi connectivity index (χ0) is 11.6. The first-order chi connectivity index (χ1) is 7.72. The molecule has 1 fully saturated rings. The smallest absolute Gasteiger partial charge is 0.164 e. The highest BCUT2D eigenvalue weighted by Crippen LogP contribution is 2.47. The second-order valence-electron chi connectivity index (χ2n) is 4.48. The molecule has 0 spiro atoms. The van der Waals surface area contributed by atoms with Gasteiger partial charge in [-0.2, -0.15) is 0 Å². The maximum atomic E-state index is 11.7. The van der Waals surface area contributed by atoms with E-state index in [0.29, 0.717) is 18.5 Å². The highest BCUT2D eigenvalue weighted by molar-refractivity contribution is 5.96. The molecule has 3 N–H and O–H groups in total. The van der Waals surface area contributed by atoms with Crippen molar-refractivity contribution < 1.29 is 9.90 Å². The van der Waals surface area contributed by atoms with Crippen molar-refractivity contribution in [1.82, 2.24) is 0 Å². The van der Waals surface area contributed by atoms with Crippen LogP contribution < -0.4 is 5.73 Å². The van der Waals surface area contributed by atoms with E-state index in [1.165, 1.54) is 0 Å². The molecule has 1 aromatic carbocycles. The number of hydrogen-bond acceptors (Lipinski definition) is 3. The second kappa shape index (κ2) is 4.36. The zero-order valence-electron chi connectivity index (χ0n) is 9.28. The summed E-state index contributed by atoms with van der Waals surface area (Å²) in [4.78, 5) is 11.7. The summed E-state index contributed by atoms with van der Waals surface area (Å²) in [5.41, 5.74) is 7.09. The molecule has 0 bridgehead atoms. The van der Waals surface area contributed by atoms with Crippen molar-refractivity contribution in [3.8, 4) is 0 Å². The van der Waals surface area contributed by atoms with Gasteiger partial charge in [-0.15, -0.1) is 0 Å². The maximum absolute atomic E-state index is 11.7. The van der Waals surface area contributed by atoms with Crippen LogP contribution >= 0.6 is 0 Å². The minimum Gasteiger partial charge on any atom is -0.395 e. The summed E-state index contributed by atoms with van der Waals surface area (Å²) in [5.74, 6) is 0.0816. The highest BCUT2D eigenvalue weighted by Gasteiger charge is 2.43. The van der Waals surface area contributed by atoms with Crippen LogP contribution in [0.5, 0.6) is 0 Å². The number of Topliss-reactive ketones (excluding diaryl/α,β-unsaturated/α-hetero) is 1. The molecule has 0 aromatic heterocycles. The van der Waals surface area contributed by atoms with Crippen molar-refractivity contribution in [3.63, 3.8) is 0 Å². The van der Waals surface area contributed by atoms with E-state index in [9.17, 15) is 9.90 Å². The number of benzene rings is 1. The first kappa shape index (κ1) is 11.3. The number of rotatable bonds is 5. The molecule has 0 saturated heterocycles. The number of aliphatic hydroxyl groups is 1. The van der Waals surface area contributed by atoms with Crippen molar-refractivity contribution >= 4 is 5.78 Å². The monoisotopic (exact) mass is 219 g/mol. The molecule has 2 rings (SSSR count). The van der Waals surface area contributed by atoms with Crippen molar-refractivity contribution in [2.45, 2.75) is 24.7 Å². The molecule has 0 heterocycles. The van der Waals surface area contributed by atoms with Gasteiger partial charge in [-0.3, -0.25) is 4.79 Å².